The van der Waals surface area contributed by atoms with Crippen LogP contribution < -0.4 is 10.1 Å². The lowest BCUT2D eigenvalue weighted by atomic mass is 10.2. The van der Waals surface area contributed by atoms with Crippen LogP contribution in [0.3, 0.4) is 0 Å². The first-order valence-corrected chi connectivity index (χ1v) is 10.1. The monoisotopic (exact) mass is 399 g/mol. The Bertz CT molecular complexity index is 921. The highest BCUT2D eigenvalue weighted by atomic mass is 35.5. The van der Waals surface area contributed by atoms with Crippen molar-refractivity contribution in [2.24, 2.45) is 0 Å². The van der Waals surface area contributed by atoms with Crippen molar-refractivity contribution in [1.29, 1.82) is 0 Å². The minimum absolute atomic E-state index is 0.0301. The minimum Gasteiger partial charge on any atom is -0.494 e. The van der Waals surface area contributed by atoms with Gasteiger partial charge in [-0.15, -0.1) is 0 Å². The van der Waals surface area contributed by atoms with Gasteiger partial charge in [-0.1, -0.05) is 30.7 Å². The molecule has 1 atom stereocenters. The van der Waals surface area contributed by atoms with Gasteiger partial charge in [-0.25, -0.2) is 4.98 Å². The number of nitrogens with zero attached hydrogens (tertiary/aromatic N) is 2. The Morgan fingerprint density at radius 3 is 2.68 bits per heavy atom. The summed E-state index contributed by atoms with van der Waals surface area (Å²) in [6.45, 7) is 5.30. The molecular formula is C22H26ClN3O2. The van der Waals surface area contributed by atoms with Gasteiger partial charge >= 0.3 is 0 Å². The van der Waals surface area contributed by atoms with E-state index in [4.69, 9.17) is 21.3 Å². The number of amides is 1. The molecule has 1 unspecified atom stereocenters. The fraction of sp³-hybridized carbons (Fsp3) is 0.364. The van der Waals surface area contributed by atoms with E-state index in [9.17, 15) is 4.79 Å². The SMILES string of the molecule is CCC(=O)NC(C)c1nc2ccccc2n1CCCCOc1ccc(Cl)cc1. The van der Waals surface area contributed by atoms with E-state index in [0.29, 0.717) is 18.1 Å². The standard InChI is InChI=1S/C22H26ClN3O2/c1-3-21(27)24-16(2)22-25-19-8-4-5-9-20(19)26(22)14-6-7-15-28-18-12-10-17(23)11-13-18/h4-5,8-13,16H,3,6-7,14-15H2,1-2H3,(H,24,27). The number of carbonyl (C=O) groups excluding carboxylic acids is 1. The van der Waals surface area contributed by atoms with Crippen molar-refractivity contribution in [3.63, 3.8) is 0 Å². The van der Waals surface area contributed by atoms with Crippen LogP contribution in [0.5, 0.6) is 5.75 Å². The highest BCUT2D eigenvalue weighted by Crippen LogP contribution is 2.22. The number of rotatable bonds is 9. The van der Waals surface area contributed by atoms with Gasteiger partial charge in [-0.3, -0.25) is 4.79 Å². The molecule has 0 spiro atoms. The summed E-state index contributed by atoms with van der Waals surface area (Å²) in [5.41, 5.74) is 2.04. The number of fused-ring (bicyclic) bond motifs is 1. The van der Waals surface area contributed by atoms with Crippen LogP contribution in [-0.4, -0.2) is 22.1 Å². The third-order valence-electron chi connectivity index (χ3n) is 4.63. The molecular weight excluding hydrogens is 374 g/mol. The summed E-state index contributed by atoms with van der Waals surface area (Å²) in [4.78, 5) is 16.6. The number of benzene rings is 2. The average molecular weight is 400 g/mol. The number of aryl methyl sites for hydroxylation is 1. The first-order valence-electron chi connectivity index (χ1n) is 9.71. The predicted octanol–water partition coefficient (Wildman–Crippen LogP) is 5.14. The summed E-state index contributed by atoms with van der Waals surface area (Å²) >= 11 is 5.89. The van der Waals surface area contributed by atoms with E-state index >= 15 is 0 Å². The summed E-state index contributed by atoms with van der Waals surface area (Å²) < 4.78 is 7.98. The molecule has 2 aromatic carbocycles. The van der Waals surface area contributed by atoms with Crippen molar-refractivity contribution in [3.05, 3.63) is 59.4 Å². The maximum Gasteiger partial charge on any atom is 0.220 e. The molecule has 0 saturated heterocycles. The Hall–Kier alpha value is -2.53. The maximum atomic E-state index is 11.8. The number of imidazole rings is 1. The molecule has 6 heteroatoms. The van der Waals surface area contributed by atoms with Crippen LogP contribution in [0.4, 0.5) is 0 Å². The molecule has 1 amide bonds. The number of nitrogens with one attached hydrogen (secondary N) is 1. The van der Waals surface area contributed by atoms with E-state index in [1.807, 2.05) is 56.3 Å². The van der Waals surface area contributed by atoms with E-state index < -0.39 is 0 Å². The van der Waals surface area contributed by atoms with Gasteiger partial charge in [0.05, 0.1) is 23.7 Å². The Morgan fingerprint density at radius 2 is 1.93 bits per heavy atom. The molecule has 5 nitrogen and oxygen atoms in total. The van der Waals surface area contributed by atoms with E-state index in [0.717, 1.165) is 42.0 Å². The fourth-order valence-corrected chi connectivity index (χ4v) is 3.29. The topological polar surface area (TPSA) is 56.2 Å². The summed E-state index contributed by atoms with van der Waals surface area (Å²) in [5.74, 6) is 1.75. The van der Waals surface area contributed by atoms with Gasteiger partial charge in [0.25, 0.3) is 0 Å². The number of unbranched alkanes of at least 4 members (excludes halogenated alkanes) is 1. The van der Waals surface area contributed by atoms with Crippen molar-refractivity contribution in [3.8, 4) is 5.75 Å². The average Bonchev–Trinajstić information content (AvgIpc) is 3.08. The van der Waals surface area contributed by atoms with Crippen LogP contribution >= 0.6 is 11.6 Å². The molecule has 148 valence electrons. The Kier molecular flexibility index (Phi) is 6.93. The van der Waals surface area contributed by atoms with Crippen molar-refractivity contribution < 1.29 is 9.53 Å². The number of para-hydroxylation sites is 2. The number of aromatic nitrogens is 2. The number of carbonyl (C=O) groups is 1. The molecule has 0 fully saturated rings. The van der Waals surface area contributed by atoms with E-state index in [1.54, 1.807) is 0 Å². The Balaban J connectivity index is 1.63. The predicted molar refractivity (Wildman–Crippen MR) is 113 cm³/mol. The lowest BCUT2D eigenvalue weighted by Crippen LogP contribution is -2.28. The van der Waals surface area contributed by atoms with Crippen molar-refractivity contribution >= 4 is 28.5 Å². The molecule has 0 saturated carbocycles. The smallest absolute Gasteiger partial charge is 0.220 e. The molecule has 28 heavy (non-hydrogen) atoms. The van der Waals surface area contributed by atoms with Crippen LogP contribution in [0.2, 0.25) is 5.02 Å². The third-order valence-corrected chi connectivity index (χ3v) is 4.88. The lowest BCUT2D eigenvalue weighted by molar-refractivity contribution is -0.121. The third kappa shape index (κ3) is 5.04. The number of hydrogen-bond acceptors (Lipinski definition) is 3. The van der Waals surface area contributed by atoms with Crippen LogP contribution in [0, 0.1) is 0 Å². The zero-order chi connectivity index (χ0) is 19.9. The fourth-order valence-electron chi connectivity index (χ4n) is 3.16. The molecule has 1 aromatic heterocycles. The van der Waals surface area contributed by atoms with Gasteiger partial charge < -0.3 is 14.6 Å². The first-order chi connectivity index (χ1) is 13.6. The van der Waals surface area contributed by atoms with Crippen LogP contribution in [0.1, 0.15) is 45.0 Å². The number of halogens is 1. The molecule has 1 heterocycles. The van der Waals surface area contributed by atoms with Crippen molar-refractivity contribution in [2.75, 3.05) is 6.61 Å². The molecule has 0 aliphatic heterocycles. The molecule has 0 bridgehead atoms. The second kappa shape index (κ2) is 9.60. The van der Waals surface area contributed by atoms with Gasteiger partial charge in [-0.05, 0) is 56.2 Å². The second-order valence-electron chi connectivity index (χ2n) is 6.76. The molecule has 0 radical (unpaired) electrons. The normalized spacial score (nSPS) is 12.1. The van der Waals surface area contributed by atoms with Gasteiger partial charge in [0.1, 0.15) is 11.6 Å². The summed E-state index contributed by atoms with van der Waals surface area (Å²) in [6.07, 6.45) is 2.34. The quantitative estimate of drug-likeness (QED) is 0.507. The van der Waals surface area contributed by atoms with Crippen LogP contribution in [0.25, 0.3) is 11.0 Å². The molecule has 0 aliphatic rings. The number of hydrogen-bond donors (Lipinski definition) is 1. The maximum absolute atomic E-state index is 11.8. The largest absolute Gasteiger partial charge is 0.494 e. The van der Waals surface area contributed by atoms with Crippen LogP contribution in [-0.2, 0) is 11.3 Å². The number of ether oxygens (including phenoxy) is 1. The Labute approximate surface area is 170 Å². The highest BCUT2D eigenvalue weighted by molar-refractivity contribution is 6.30. The molecule has 0 aliphatic carbocycles. The lowest BCUT2D eigenvalue weighted by Gasteiger charge is -2.16. The molecule has 3 rings (SSSR count). The van der Waals surface area contributed by atoms with E-state index in [-0.39, 0.29) is 11.9 Å². The van der Waals surface area contributed by atoms with E-state index in [1.165, 1.54) is 0 Å². The zero-order valence-corrected chi connectivity index (χ0v) is 17.1. The summed E-state index contributed by atoms with van der Waals surface area (Å²) in [6, 6.07) is 15.4. The second-order valence-corrected chi connectivity index (χ2v) is 7.20. The summed E-state index contributed by atoms with van der Waals surface area (Å²) in [5, 5.41) is 3.72. The van der Waals surface area contributed by atoms with E-state index in [2.05, 4.69) is 16.0 Å². The van der Waals surface area contributed by atoms with Gasteiger partial charge in [0.15, 0.2) is 0 Å². The first kappa shape index (κ1) is 20.2. The molecule has 1 N–H and O–H groups in total. The van der Waals surface area contributed by atoms with Gasteiger partial charge in [0, 0.05) is 18.0 Å². The van der Waals surface area contributed by atoms with Crippen molar-refractivity contribution in [2.45, 2.75) is 45.7 Å². The molecule has 3 aromatic rings. The minimum atomic E-state index is -0.134. The van der Waals surface area contributed by atoms with Gasteiger partial charge in [0.2, 0.25) is 5.91 Å². The zero-order valence-electron chi connectivity index (χ0n) is 16.3. The van der Waals surface area contributed by atoms with Crippen molar-refractivity contribution in [1.82, 2.24) is 14.9 Å². The van der Waals surface area contributed by atoms with Crippen LogP contribution in [0.15, 0.2) is 48.5 Å². The Morgan fingerprint density at radius 1 is 1.18 bits per heavy atom. The van der Waals surface area contributed by atoms with Gasteiger partial charge in [-0.2, -0.15) is 0 Å². The highest BCUT2D eigenvalue weighted by Gasteiger charge is 2.17. The summed E-state index contributed by atoms with van der Waals surface area (Å²) in [7, 11) is 0.